The third kappa shape index (κ3) is 4.67. The molecule has 1 aromatic carbocycles. The van der Waals surface area contributed by atoms with Gasteiger partial charge in [-0.05, 0) is 67.9 Å². The number of likely N-dealkylation sites (tertiary alicyclic amines) is 1. The van der Waals surface area contributed by atoms with Crippen molar-refractivity contribution < 1.29 is 14.3 Å². The second-order valence-electron chi connectivity index (χ2n) is 7.40. The van der Waals surface area contributed by atoms with E-state index in [4.69, 9.17) is 9.47 Å². The normalized spacial score (nSPS) is 17.0. The Morgan fingerprint density at radius 2 is 2.04 bits per heavy atom. The number of benzene rings is 1. The van der Waals surface area contributed by atoms with Crippen molar-refractivity contribution in [1.29, 1.82) is 0 Å². The van der Waals surface area contributed by atoms with Crippen LogP contribution in [-0.2, 0) is 6.42 Å². The van der Waals surface area contributed by atoms with E-state index in [1.807, 2.05) is 35.4 Å². The predicted molar refractivity (Wildman–Crippen MR) is 114 cm³/mol. The molecule has 1 atom stereocenters. The van der Waals surface area contributed by atoms with Crippen LogP contribution in [0.25, 0.3) is 0 Å². The number of likely N-dealkylation sites (N-methyl/N-ethyl adjacent to an activating group) is 1. The van der Waals surface area contributed by atoms with Crippen molar-refractivity contribution in [3.8, 4) is 11.5 Å². The first-order chi connectivity index (χ1) is 13.5. The van der Waals surface area contributed by atoms with Gasteiger partial charge in [0.05, 0.1) is 19.1 Å². The summed E-state index contributed by atoms with van der Waals surface area (Å²) in [5.74, 6) is 1.71. The summed E-state index contributed by atoms with van der Waals surface area (Å²) in [6.07, 6.45) is 3.13. The van der Waals surface area contributed by atoms with Gasteiger partial charge in [0.1, 0.15) is 0 Å². The maximum absolute atomic E-state index is 12.9. The van der Waals surface area contributed by atoms with Crippen LogP contribution in [0.15, 0.2) is 29.6 Å². The molecular formula is C22H30N2O3S. The van der Waals surface area contributed by atoms with Crippen LogP contribution in [0.2, 0.25) is 0 Å². The molecule has 0 spiro atoms. The van der Waals surface area contributed by atoms with E-state index in [1.54, 1.807) is 25.6 Å². The standard InChI is InChI=1S/C22H30N2O3S/c1-16-10-13-28-21(16)22(25)24-11-5-6-18(15-24)23(2)12-9-17-7-8-19(26-3)20(14-17)27-4/h7-8,10,13-14,18H,5-6,9,11-12,15H2,1-4H3. The van der Waals surface area contributed by atoms with Crippen molar-refractivity contribution in [2.45, 2.75) is 32.2 Å². The molecule has 28 heavy (non-hydrogen) atoms. The van der Waals surface area contributed by atoms with E-state index < -0.39 is 0 Å². The van der Waals surface area contributed by atoms with Crippen molar-refractivity contribution in [3.05, 3.63) is 45.6 Å². The number of ether oxygens (including phenoxy) is 2. The van der Waals surface area contributed by atoms with Gasteiger partial charge in [0, 0.05) is 25.7 Å². The number of hydrogen-bond donors (Lipinski definition) is 0. The van der Waals surface area contributed by atoms with Gasteiger partial charge in [0.15, 0.2) is 11.5 Å². The summed E-state index contributed by atoms with van der Waals surface area (Å²) in [7, 11) is 5.48. The van der Waals surface area contributed by atoms with Crippen molar-refractivity contribution in [3.63, 3.8) is 0 Å². The van der Waals surface area contributed by atoms with Crippen LogP contribution < -0.4 is 9.47 Å². The Morgan fingerprint density at radius 3 is 2.71 bits per heavy atom. The first-order valence-corrected chi connectivity index (χ1v) is 10.7. The number of carbonyl (C=O) groups excluding carboxylic acids is 1. The lowest BCUT2D eigenvalue weighted by molar-refractivity contribution is 0.0615. The zero-order chi connectivity index (χ0) is 20.1. The van der Waals surface area contributed by atoms with Crippen molar-refractivity contribution >= 4 is 17.2 Å². The maximum atomic E-state index is 12.9. The van der Waals surface area contributed by atoms with Gasteiger partial charge in [-0.3, -0.25) is 4.79 Å². The lowest BCUT2D eigenvalue weighted by atomic mass is 10.0. The van der Waals surface area contributed by atoms with Gasteiger partial charge >= 0.3 is 0 Å². The summed E-state index contributed by atoms with van der Waals surface area (Å²) in [5, 5.41) is 2.00. The van der Waals surface area contributed by atoms with Gasteiger partial charge in [-0.15, -0.1) is 11.3 Å². The number of methoxy groups -OCH3 is 2. The van der Waals surface area contributed by atoms with Crippen LogP contribution in [0.5, 0.6) is 11.5 Å². The van der Waals surface area contributed by atoms with Gasteiger partial charge in [0.25, 0.3) is 5.91 Å². The first kappa shape index (κ1) is 20.7. The fourth-order valence-corrected chi connectivity index (χ4v) is 4.65. The summed E-state index contributed by atoms with van der Waals surface area (Å²) in [4.78, 5) is 18.1. The summed E-state index contributed by atoms with van der Waals surface area (Å²) in [6.45, 7) is 4.62. The Balaban J connectivity index is 1.58. The highest BCUT2D eigenvalue weighted by Gasteiger charge is 2.27. The summed E-state index contributed by atoms with van der Waals surface area (Å²) >= 11 is 1.55. The average Bonchev–Trinajstić information content (AvgIpc) is 3.17. The van der Waals surface area contributed by atoms with E-state index in [0.717, 1.165) is 60.8 Å². The highest BCUT2D eigenvalue weighted by Crippen LogP contribution is 2.28. The fraction of sp³-hybridized carbons (Fsp3) is 0.500. The zero-order valence-electron chi connectivity index (χ0n) is 17.2. The van der Waals surface area contributed by atoms with Crippen molar-refractivity contribution in [2.75, 3.05) is 40.9 Å². The number of piperidine rings is 1. The first-order valence-electron chi connectivity index (χ1n) is 9.78. The average molecular weight is 403 g/mol. The van der Waals surface area contributed by atoms with E-state index >= 15 is 0 Å². The Morgan fingerprint density at radius 1 is 1.25 bits per heavy atom. The molecule has 1 amide bonds. The number of aryl methyl sites for hydroxylation is 1. The molecule has 6 heteroatoms. The van der Waals surface area contributed by atoms with Gasteiger partial charge < -0.3 is 19.3 Å². The minimum Gasteiger partial charge on any atom is -0.493 e. The molecule has 0 bridgehead atoms. The summed E-state index contributed by atoms with van der Waals surface area (Å²) < 4.78 is 10.7. The molecule has 1 saturated heterocycles. The second-order valence-corrected chi connectivity index (χ2v) is 8.32. The largest absolute Gasteiger partial charge is 0.493 e. The van der Waals surface area contributed by atoms with Gasteiger partial charge in [-0.25, -0.2) is 0 Å². The third-order valence-electron chi connectivity index (χ3n) is 5.56. The molecule has 3 rings (SSSR count). The van der Waals surface area contributed by atoms with E-state index in [-0.39, 0.29) is 5.91 Å². The Labute approximate surface area is 171 Å². The molecule has 1 fully saturated rings. The van der Waals surface area contributed by atoms with Crippen molar-refractivity contribution in [2.24, 2.45) is 0 Å². The molecule has 2 aromatic rings. The van der Waals surface area contributed by atoms with Gasteiger partial charge in [-0.1, -0.05) is 6.07 Å². The molecule has 1 aromatic heterocycles. The quantitative estimate of drug-likeness (QED) is 0.705. The zero-order valence-corrected chi connectivity index (χ0v) is 18.1. The summed E-state index contributed by atoms with van der Waals surface area (Å²) in [5.41, 5.74) is 2.31. The van der Waals surface area contributed by atoms with E-state index in [0.29, 0.717) is 6.04 Å². The maximum Gasteiger partial charge on any atom is 0.264 e. The lowest BCUT2D eigenvalue weighted by Crippen LogP contribution is -2.49. The molecule has 1 aliphatic heterocycles. The number of hydrogen-bond acceptors (Lipinski definition) is 5. The summed E-state index contributed by atoms with van der Waals surface area (Å²) in [6, 6.07) is 8.51. The van der Waals surface area contributed by atoms with Crippen LogP contribution in [0.1, 0.15) is 33.6 Å². The van der Waals surface area contributed by atoms with Crippen LogP contribution >= 0.6 is 11.3 Å². The third-order valence-corrected chi connectivity index (χ3v) is 6.57. The number of rotatable bonds is 7. The molecule has 0 radical (unpaired) electrons. The predicted octanol–water partition coefficient (Wildman–Crippen LogP) is 3.85. The van der Waals surface area contributed by atoms with E-state index in [1.165, 1.54) is 5.56 Å². The minimum atomic E-state index is 0.186. The number of amides is 1. The fourth-order valence-electron chi connectivity index (χ4n) is 3.76. The molecular weight excluding hydrogens is 372 g/mol. The molecule has 152 valence electrons. The monoisotopic (exact) mass is 402 g/mol. The highest BCUT2D eigenvalue weighted by atomic mass is 32.1. The minimum absolute atomic E-state index is 0.186. The molecule has 0 aliphatic carbocycles. The number of carbonyl (C=O) groups is 1. The van der Waals surface area contributed by atoms with Gasteiger partial charge in [0.2, 0.25) is 0 Å². The van der Waals surface area contributed by atoms with Crippen molar-refractivity contribution in [1.82, 2.24) is 9.80 Å². The SMILES string of the molecule is COc1ccc(CCN(C)C2CCCN(C(=O)c3sccc3C)C2)cc1OC. The second kappa shape index (κ2) is 9.43. The van der Waals surface area contributed by atoms with Gasteiger partial charge in [-0.2, -0.15) is 0 Å². The number of thiophene rings is 1. The lowest BCUT2D eigenvalue weighted by Gasteiger charge is -2.37. The highest BCUT2D eigenvalue weighted by molar-refractivity contribution is 7.12. The van der Waals surface area contributed by atoms with E-state index in [9.17, 15) is 4.79 Å². The Bertz CT molecular complexity index is 805. The molecule has 2 heterocycles. The number of nitrogens with zero attached hydrogens (tertiary/aromatic N) is 2. The van der Waals surface area contributed by atoms with Crippen LogP contribution in [0.4, 0.5) is 0 Å². The molecule has 5 nitrogen and oxygen atoms in total. The molecule has 1 aliphatic rings. The molecule has 0 N–H and O–H groups in total. The van der Waals surface area contributed by atoms with Crippen LogP contribution in [-0.4, -0.2) is 62.7 Å². The van der Waals surface area contributed by atoms with Crippen LogP contribution in [0.3, 0.4) is 0 Å². The Hall–Kier alpha value is -2.05. The molecule has 0 saturated carbocycles. The van der Waals surface area contributed by atoms with E-state index in [2.05, 4.69) is 18.0 Å². The topological polar surface area (TPSA) is 42.0 Å². The Kier molecular flexibility index (Phi) is 6.97. The smallest absolute Gasteiger partial charge is 0.264 e. The molecule has 1 unspecified atom stereocenters. The van der Waals surface area contributed by atoms with Crippen LogP contribution in [0, 0.1) is 6.92 Å².